The van der Waals surface area contributed by atoms with Crippen LogP contribution in [0.1, 0.15) is 36.6 Å². The largest absolute Gasteiger partial charge is 0.281 e. The molecule has 0 aliphatic carbocycles. The van der Waals surface area contributed by atoms with E-state index < -0.39 is 27.7 Å². The molecule has 1 aliphatic rings. The molecule has 0 bridgehead atoms. The lowest BCUT2D eigenvalue weighted by atomic mass is 9.94. The normalized spacial score (nSPS) is 15.4. The molecule has 0 radical (unpaired) electrons. The van der Waals surface area contributed by atoms with Gasteiger partial charge >= 0.3 is 0 Å². The fourth-order valence-electron chi connectivity index (χ4n) is 3.53. The molecule has 0 saturated heterocycles. The Morgan fingerprint density at radius 2 is 1.78 bits per heavy atom. The summed E-state index contributed by atoms with van der Waals surface area (Å²) in [5, 5.41) is 4.37. The van der Waals surface area contributed by atoms with Gasteiger partial charge in [0.15, 0.2) is 0 Å². The molecule has 10 heteroatoms. The van der Waals surface area contributed by atoms with Crippen LogP contribution in [0.5, 0.6) is 0 Å². The van der Waals surface area contributed by atoms with E-state index in [0.717, 1.165) is 4.68 Å². The molecular formula is C22H20F2N4O3S. The van der Waals surface area contributed by atoms with Crippen LogP contribution in [0.3, 0.4) is 0 Å². The molecule has 32 heavy (non-hydrogen) atoms. The Balaban J connectivity index is 2.04. The highest BCUT2D eigenvalue weighted by Crippen LogP contribution is 2.38. The molecule has 1 atom stereocenters. The van der Waals surface area contributed by atoms with Gasteiger partial charge in [0.2, 0.25) is 10.0 Å². The molecule has 3 aromatic rings. The van der Waals surface area contributed by atoms with E-state index in [1.54, 1.807) is 6.92 Å². The van der Waals surface area contributed by atoms with Crippen molar-refractivity contribution in [2.24, 2.45) is 12.0 Å². The van der Waals surface area contributed by atoms with Crippen LogP contribution < -0.4 is 10.3 Å². The van der Waals surface area contributed by atoms with Crippen LogP contribution in [0, 0.1) is 11.6 Å². The Labute approximate surface area is 183 Å². The monoisotopic (exact) mass is 458 g/mol. The van der Waals surface area contributed by atoms with Crippen molar-refractivity contribution in [2.75, 3.05) is 10.5 Å². The van der Waals surface area contributed by atoms with E-state index in [0.29, 0.717) is 33.7 Å². The SMILES string of the molecule is CCS(=O)(=O)Nc1cc2c(cc1F)C(c1ccc(F)cc1)=NC(C)c1cc(=O)n(C)nc1-2. The van der Waals surface area contributed by atoms with Gasteiger partial charge in [-0.15, -0.1) is 0 Å². The Morgan fingerprint density at radius 3 is 2.44 bits per heavy atom. The Morgan fingerprint density at radius 1 is 1.09 bits per heavy atom. The Bertz CT molecular complexity index is 1410. The molecule has 2 heterocycles. The highest BCUT2D eigenvalue weighted by Gasteiger charge is 2.27. The summed E-state index contributed by atoms with van der Waals surface area (Å²) in [7, 11) is -2.25. The van der Waals surface area contributed by atoms with E-state index in [9.17, 15) is 17.6 Å². The third kappa shape index (κ3) is 3.93. The summed E-state index contributed by atoms with van der Waals surface area (Å²) < 4.78 is 56.1. The van der Waals surface area contributed by atoms with Gasteiger partial charge in [-0.1, -0.05) is 0 Å². The lowest BCUT2D eigenvalue weighted by molar-refractivity contribution is 0.599. The number of anilines is 1. The Kier molecular flexibility index (Phi) is 5.41. The lowest BCUT2D eigenvalue weighted by Crippen LogP contribution is -2.21. The zero-order chi connectivity index (χ0) is 23.2. The van der Waals surface area contributed by atoms with Gasteiger partial charge in [-0.05, 0) is 50.2 Å². The highest BCUT2D eigenvalue weighted by molar-refractivity contribution is 7.92. The summed E-state index contributed by atoms with van der Waals surface area (Å²) in [5.41, 5.74) is 2.00. The molecule has 1 N–H and O–H groups in total. The third-order valence-electron chi connectivity index (χ3n) is 5.27. The number of aliphatic imine (C=N–C) groups is 1. The molecule has 0 fully saturated rings. The molecule has 1 unspecified atom stereocenters. The average Bonchev–Trinajstić information content (AvgIpc) is 2.85. The summed E-state index contributed by atoms with van der Waals surface area (Å²) >= 11 is 0. The zero-order valence-corrected chi connectivity index (χ0v) is 18.4. The van der Waals surface area contributed by atoms with Crippen LogP contribution in [0.25, 0.3) is 11.3 Å². The van der Waals surface area contributed by atoms with Crippen LogP contribution in [-0.2, 0) is 17.1 Å². The maximum atomic E-state index is 15.0. The van der Waals surface area contributed by atoms with Gasteiger partial charge in [0.05, 0.1) is 28.9 Å². The van der Waals surface area contributed by atoms with E-state index in [1.165, 1.54) is 56.4 Å². The molecule has 0 saturated carbocycles. The molecular weight excluding hydrogens is 438 g/mol. The van der Waals surface area contributed by atoms with Crippen LogP contribution in [0.2, 0.25) is 0 Å². The second-order valence-electron chi connectivity index (χ2n) is 7.45. The summed E-state index contributed by atoms with van der Waals surface area (Å²) in [6, 6.07) is 9.02. The first kappa shape index (κ1) is 21.8. The number of hydrogen-bond acceptors (Lipinski definition) is 5. The van der Waals surface area contributed by atoms with Gasteiger partial charge in [0.25, 0.3) is 5.56 Å². The number of nitrogens with zero attached hydrogens (tertiary/aromatic N) is 3. The van der Waals surface area contributed by atoms with Crippen molar-refractivity contribution in [3.8, 4) is 11.3 Å². The second-order valence-corrected chi connectivity index (χ2v) is 9.46. The van der Waals surface area contributed by atoms with Crippen LogP contribution in [0.15, 0.2) is 52.3 Å². The molecule has 1 aromatic heterocycles. The number of halogens is 2. The first-order valence-corrected chi connectivity index (χ1v) is 11.5. The molecule has 0 amide bonds. The maximum absolute atomic E-state index is 15.0. The van der Waals surface area contributed by atoms with Gasteiger partial charge < -0.3 is 0 Å². The average molecular weight is 458 g/mol. The van der Waals surface area contributed by atoms with E-state index in [-0.39, 0.29) is 17.0 Å². The quantitative estimate of drug-likeness (QED) is 0.649. The molecule has 0 spiro atoms. The van der Waals surface area contributed by atoms with Gasteiger partial charge in [-0.2, -0.15) is 5.10 Å². The molecule has 4 rings (SSSR count). The van der Waals surface area contributed by atoms with Crippen molar-refractivity contribution in [2.45, 2.75) is 19.9 Å². The molecule has 7 nitrogen and oxygen atoms in total. The number of aromatic nitrogens is 2. The fourth-order valence-corrected chi connectivity index (χ4v) is 4.17. The van der Waals surface area contributed by atoms with E-state index >= 15 is 4.39 Å². The van der Waals surface area contributed by atoms with Gasteiger partial charge in [-0.25, -0.2) is 21.9 Å². The predicted molar refractivity (Wildman–Crippen MR) is 118 cm³/mol. The zero-order valence-electron chi connectivity index (χ0n) is 17.6. The van der Waals surface area contributed by atoms with Crippen molar-refractivity contribution < 1.29 is 17.2 Å². The van der Waals surface area contributed by atoms with Crippen LogP contribution >= 0.6 is 0 Å². The molecule has 1 aliphatic heterocycles. The highest BCUT2D eigenvalue weighted by atomic mass is 32.2. The number of benzene rings is 2. The smallest absolute Gasteiger partial charge is 0.266 e. The first-order chi connectivity index (χ1) is 15.1. The van der Waals surface area contributed by atoms with Crippen LogP contribution in [0.4, 0.5) is 14.5 Å². The number of nitrogens with one attached hydrogen (secondary N) is 1. The van der Waals surface area contributed by atoms with Gasteiger partial charge in [-0.3, -0.25) is 14.5 Å². The number of rotatable bonds is 4. The number of fused-ring (bicyclic) bond motifs is 3. The Hall–Kier alpha value is -3.40. The first-order valence-electron chi connectivity index (χ1n) is 9.86. The van der Waals surface area contributed by atoms with Crippen molar-refractivity contribution in [3.63, 3.8) is 0 Å². The van der Waals surface area contributed by atoms with Crippen molar-refractivity contribution in [1.29, 1.82) is 0 Å². The minimum absolute atomic E-state index is 0.230. The number of aryl methyl sites for hydroxylation is 1. The molecule has 2 aromatic carbocycles. The summed E-state index contributed by atoms with van der Waals surface area (Å²) in [6.45, 7) is 3.21. The van der Waals surface area contributed by atoms with E-state index in [2.05, 4.69) is 9.82 Å². The lowest BCUT2D eigenvalue weighted by Gasteiger charge is -2.15. The summed E-state index contributed by atoms with van der Waals surface area (Å²) in [6.07, 6.45) is 0. The third-order valence-corrected chi connectivity index (χ3v) is 6.57. The topological polar surface area (TPSA) is 93.4 Å². The second kappa shape index (κ2) is 7.94. The standard InChI is InChI=1S/C22H20F2N4O3S/c1-4-32(30,31)27-19-10-17-16(9-18(19)24)21(13-5-7-14(23)8-6-13)25-12(2)15-11-20(29)28(3)26-22(15)17/h5-12,27H,4H2,1-3H3. The van der Waals surface area contributed by atoms with E-state index in [1.807, 2.05) is 0 Å². The minimum atomic E-state index is -3.74. The van der Waals surface area contributed by atoms with Crippen molar-refractivity contribution in [3.05, 3.63) is 81.1 Å². The maximum Gasteiger partial charge on any atom is 0.266 e. The van der Waals surface area contributed by atoms with Crippen LogP contribution in [-0.4, -0.2) is 29.7 Å². The number of hydrogen-bond donors (Lipinski definition) is 1. The van der Waals surface area contributed by atoms with Crippen molar-refractivity contribution >= 4 is 21.4 Å². The number of sulfonamides is 1. The van der Waals surface area contributed by atoms with E-state index in [4.69, 9.17) is 4.99 Å². The summed E-state index contributed by atoms with van der Waals surface area (Å²) in [5.74, 6) is -1.46. The van der Waals surface area contributed by atoms with Crippen molar-refractivity contribution in [1.82, 2.24) is 9.78 Å². The van der Waals surface area contributed by atoms with Gasteiger partial charge in [0.1, 0.15) is 11.6 Å². The minimum Gasteiger partial charge on any atom is -0.281 e. The fraction of sp³-hybridized carbons (Fsp3) is 0.227. The summed E-state index contributed by atoms with van der Waals surface area (Å²) in [4.78, 5) is 16.9. The predicted octanol–water partition coefficient (Wildman–Crippen LogP) is 3.40. The molecule has 166 valence electrons. The van der Waals surface area contributed by atoms with Gasteiger partial charge in [0, 0.05) is 35.4 Å².